The van der Waals surface area contributed by atoms with Crippen LogP contribution in [0.5, 0.6) is 0 Å². The smallest absolute Gasteiger partial charge is 0.245 e. The van der Waals surface area contributed by atoms with E-state index >= 15 is 0 Å². The van der Waals surface area contributed by atoms with E-state index in [-0.39, 0.29) is 17.2 Å². The van der Waals surface area contributed by atoms with E-state index in [0.717, 1.165) is 0 Å². The van der Waals surface area contributed by atoms with Crippen LogP contribution in [0.3, 0.4) is 0 Å². The van der Waals surface area contributed by atoms with Crippen molar-refractivity contribution in [1.82, 2.24) is 20.1 Å². The predicted octanol–water partition coefficient (Wildman–Crippen LogP) is 0.504. The van der Waals surface area contributed by atoms with Crippen molar-refractivity contribution in [2.24, 2.45) is 0 Å². The van der Waals surface area contributed by atoms with Crippen LogP contribution in [0.4, 0.5) is 0 Å². The summed E-state index contributed by atoms with van der Waals surface area (Å²) in [5.74, 6) is 1.10. The quantitative estimate of drug-likeness (QED) is 0.852. The summed E-state index contributed by atoms with van der Waals surface area (Å²) in [7, 11) is -3.64. The van der Waals surface area contributed by atoms with Crippen LogP contribution in [0.1, 0.15) is 23.2 Å². The molecule has 9 heteroatoms. The maximum Gasteiger partial charge on any atom is 0.245 e. The lowest BCUT2D eigenvalue weighted by molar-refractivity contribution is 0.390. The first-order chi connectivity index (χ1) is 8.90. The molecule has 19 heavy (non-hydrogen) atoms. The zero-order valence-electron chi connectivity index (χ0n) is 10.8. The fourth-order valence-corrected chi connectivity index (χ4v) is 3.02. The molecule has 0 aliphatic rings. The van der Waals surface area contributed by atoms with Crippen LogP contribution in [-0.2, 0) is 16.4 Å². The molecule has 0 radical (unpaired) electrons. The molecular weight excluding hydrogens is 272 g/mol. The van der Waals surface area contributed by atoms with Crippen molar-refractivity contribution >= 4 is 10.0 Å². The van der Waals surface area contributed by atoms with Gasteiger partial charge in [0.05, 0.1) is 0 Å². The van der Waals surface area contributed by atoms with Gasteiger partial charge in [-0.3, -0.25) is 0 Å². The Kier molecular flexibility index (Phi) is 3.67. The number of aryl methyl sites for hydroxylation is 3. The highest BCUT2D eigenvalue weighted by Crippen LogP contribution is 2.18. The molecule has 2 heterocycles. The lowest BCUT2D eigenvalue weighted by Crippen LogP contribution is -2.26. The molecule has 2 rings (SSSR count). The van der Waals surface area contributed by atoms with Gasteiger partial charge in [0.1, 0.15) is 10.6 Å². The summed E-state index contributed by atoms with van der Waals surface area (Å²) >= 11 is 0. The van der Waals surface area contributed by atoms with E-state index in [1.165, 1.54) is 0 Å². The van der Waals surface area contributed by atoms with Gasteiger partial charge in [-0.2, -0.15) is 0 Å². The molecule has 0 aliphatic heterocycles. The molecule has 0 amide bonds. The van der Waals surface area contributed by atoms with Crippen molar-refractivity contribution in [2.75, 3.05) is 6.54 Å². The normalized spacial score (nSPS) is 11.9. The minimum atomic E-state index is -3.64. The Bertz CT molecular complexity index is 654. The van der Waals surface area contributed by atoms with Crippen LogP contribution >= 0.6 is 0 Å². The number of rotatable bonds is 5. The van der Waals surface area contributed by atoms with Crippen LogP contribution in [0.2, 0.25) is 0 Å². The zero-order chi connectivity index (χ0) is 14.0. The summed E-state index contributed by atoms with van der Waals surface area (Å²) in [4.78, 5) is 0.0780. The van der Waals surface area contributed by atoms with Crippen molar-refractivity contribution in [1.29, 1.82) is 0 Å². The topological polar surface area (TPSA) is 111 Å². The van der Waals surface area contributed by atoms with Crippen molar-refractivity contribution in [2.45, 2.75) is 32.1 Å². The molecule has 0 atom stereocenters. The summed E-state index contributed by atoms with van der Waals surface area (Å²) in [6.07, 6.45) is 0.323. The predicted molar refractivity (Wildman–Crippen MR) is 63.9 cm³/mol. The number of aromatic nitrogens is 3. The second-order valence-electron chi connectivity index (χ2n) is 4.02. The maximum absolute atomic E-state index is 12.1. The first-order valence-corrected chi connectivity index (χ1v) is 7.10. The lowest BCUT2D eigenvalue weighted by atomic mass is 10.4. The van der Waals surface area contributed by atoms with Gasteiger partial charge in [-0.1, -0.05) is 5.16 Å². The molecule has 0 unspecified atom stereocenters. The molecule has 0 aliphatic carbocycles. The number of hydrogen-bond donors (Lipinski definition) is 1. The minimum absolute atomic E-state index is 0.0780. The molecule has 2 aromatic rings. The molecule has 0 aromatic carbocycles. The van der Waals surface area contributed by atoms with Crippen LogP contribution < -0.4 is 4.72 Å². The average Bonchev–Trinajstić information content (AvgIpc) is 2.86. The fraction of sp³-hybridized carbons (Fsp3) is 0.500. The summed E-state index contributed by atoms with van der Waals surface area (Å²) < 4.78 is 36.5. The van der Waals surface area contributed by atoms with E-state index in [4.69, 9.17) is 8.94 Å². The number of nitrogens with zero attached hydrogens (tertiary/aromatic N) is 3. The second kappa shape index (κ2) is 5.10. The van der Waals surface area contributed by atoms with Gasteiger partial charge in [-0.25, -0.2) is 13.1 Å². The zero-order valence-corrected chi connectivity index (χ0v) is 11.6. The Morgan fingerprint density at radius 3 is 2.47 bits per heavy atom. The molecular formula is C10H14N4O4S. The first kappa shape index (κ1) is 13.7. The largest absolute Gasteiger partial charge is 0.426 e. The van der Waals surface area contributed by atoms with Gasteiger partial charge >= 0.3 is 0 Å². The third-order valence-corrected chi connectivity index (χ3v) is 4.14. The van der Waals surface area contributed by atoms with Crippen molar-refractivity contribution < 1.29 is 17.4 Å². The third-order valence-electron chi connectivity index (χ3n) is 2.44. The van der Waals surface area contributed by atoms with Gasteiger partial charge < -0.3 is 8.94 Å². The highest BCUT2D eigenvalue weighted by molar-refractivity contribution is 7.89. The highest BCUT2D eigenvalue weighted by Gasteiger charge is 2.23. The molecule has 8 nitrogen and oxygen atoms in total. The molecule has 0 saturated heterocycles. The standard InChI is InChI=1S/C10H14N4O4S/c1-6-10(7(2)18-14-6)19(15,16)11-5-4-9-13-12-8(3)17-9/h11H,4-5H2,1-3H3. The maximum atomic E-state index is 12.1. The van der Waals surface area contributed by atoms with Crippen molar-refractivity contribution in [3.63, 3.8) is 0 Å². The third kappa shape index (κ3) is 2.99. The van der Waals surface area contributed by atoms with Crippen LogP contribution in [-0.4, -0.2) is 30.3 Å². The summed E-state index contributed by atoms with van der Waals surface area (Å²) in [5.41, 5.74) is 0.332. The van der Waals surface area contributed by atoms with Gasteiger partial charge in [-0.15, -0.1) is 10.2 Å². The first-order valence-electron chi connectivity index (χ1n) is 5.61. The highest BCUT2D eigenvalue weighted by atomic mass is 32.2. The summed E-state index contributed by atoms with van der Waals surface area (Å²) in [6, 6.07) is 0. The summed E-state index contributed by atoms with van der Waals surface area (Å²) in [5, 5.41) is 11.1. The summed E-state index contributed by atoms with van der Waals surface area (Å²) in [6.45, 7) is 4.96. The van der Waals surface area contributed by atoms with Crippen LogP contribution in [0, 0.1) is 20.8 Å². The molecule has 0 spiro atoms. The molecule has 2 aromatic heterocycles. The van der Waals surface area contributed by atoms with Crippen molar-refractivity contribution in [3.05, 3.63) is 23.2 Å². The van der Waals surface area contributed by atoms with E-state index in [1.807, 2.05) is 0 Å². The van der Waals surface area contributed by atoms with Gasteiger partial charge in [-0.05, 0) is 13.8 Å². The number of sulfonamides is 1. The van der Waals surface area contributed by atoms with Gasteiger partial charge in [0.15, 0.2) is 5.76 Å². The molecule has 0 fully saturated rings. The second-order valence-corrected chi connectivity index (χ2v) is 5.72. The monoisotopic (exact) mass is 286 g/mol. The Morgan fingerprint density at radius 1 is 1.21 bits per heavy atom. The Balaban J connectivity index is 2.03. The van der Waals surface area contributed by atoms with Gasteiger partial charge in [0.25, 0.3) is 0 Å². The Morgan fingerprint density at radius 2 is 1.95 bits per heavy atom. The van der Waals surface area contributed by atoms with E-state index in [2.05, 4.69) is 20.1 Å². The lowest BCUT2D eigenvalue weighted by Gasteiger charge is -2.04. The molecule has 1 N–H and O–H groups in total. The molecule has 104 valence electrons. The average molecular weight is 286 g/mol. The molecule has 0 saturated carbocycles. The minimum Gasteiger partial charge on any atom is -0.426 e. The van der Waals surface area contributed by atoms with Gasteiger partial charge in [0.2, 0.25) is 21.8 Å². The van der Waals surface area contributed by atoms with Crippen molar-refractivity contribution in [3.8, 4) is 0 Å². The fourth-order valence-electron chi connectivity index (χ4n) is 1.66. The molecule has 0 bridgehead atoms. The van der Waals surface area contributed by atoms with E-state index in [0.29, 0.717) is 23.9 Å². The Labute approximate surface area is 110 Å². The van der Waals surface area contributed by atoms with E-state index in [9.17, 15) is 8.42 Å². The number of hydrogen-bond acceptors (Lipinski definition) is 7. The van der Waals surface area contributed by atoms with E-state index in [1.54, 1.807) is 20.8 Å². The van der Waals surface area contributed by atoms with E-state index < -0.39 is 10.0 Å². The Hall–Kier alpha value is -1.74. The van der Waals surface area contributed by atoms with Crippen LogP contribution in [0.25, 0.3) is 0 Å². The number of nitrogens with one attached hydrogen (secondary N) is 1. The van der Waals surface area contributed by atoms with Gasteiger partial charge in [0, 0.05) is 19.9 Å². The SMILES string of the molecule is Cc1nnc(CCNS(=O)(=O)c2c(C)noc2C)o1. The van der Waals surface area contributed by atoms with Crippen LogP contribution in [0.15, 0.2) is 13.8 Å².